The summed E-state index contributed by atoms with van der Waals surface area (Å²) in [6, 6.07) is 25.9. The minimum Gasteiger partial charge on any atom is -1.00 e. The third-order valence-electron chi connectivity index (χ3n) is 7.62. The van der Waals surface area contributed by atoms with Gasteiger partial charge in [0.2, 0.25) is 0 Å². The first-order valence-electron chi connectivity index (χ1n) is 12.0. The van der Waals surface area contributed by atoms with Crippen LogP contribution in [0.2, 0.25) is 16.7 Å². The van der Waals surface area contributed by atoms with Crippen molar-refractivity contribution in [1.29, 1.82) is 0 Å². The van der Waals surface area contributed by atoms with Crippen molar-refractivity contribution in [3.05, 3.63) is 112 Å². The smallest absolute Gasteiger partial charge is 1.00 e. The summed E-state index contributed by atoms with van der Waals surface area (Å²) in [5.74, 6) is 0. The van der Waals surface area contributed by atoms with Gasteiger partial charge in [0.05, 0.1) is 0 Å². The van der Waals surface area contributed by atoms with Gasteiger partial charge in [0.15, 0.2) is 0 Å². The Morgan fingerprint density at radius 2 is 1.33 bits per heavy atom. The minimum absolute atomic E-state index is 0. The molecule has 0 nitrogen and oxygen atoms in total. The second kappa shape index (κ2) is 14.5. The Labute approximate surface area is 249 Å². The first-order chi connectivity index (χ1) is 15.8. The van der Waals surface area contributed by atoms with Gasteiger partial charge in [-0.3, -0.25) is 0 Å². The molecule has 2 aliphatic carbocycles. The van der Waals surface area contributed by atoms with Gasteiger partial charge in [0.25, 0.3) is 0 Å². The molecule has 36 heavy (non-hydrogen) atoms. The molecule has 5 rings (SSSR count). The van der Waals surface area contributed by atoms with E-state index in [1.807, 2.05) is 30.3 Å². The van der Waals surface area contributed by atoms with Crippen molar-refractivity contribution in [3.8, 4) is 11.1 Å². The maximum absolute atomic E-state index is 2.61. The van der Waals surface area contributed by atoms with E-state index in [9.17, 15) is 0 Å². The van der Waals surface area contributed by atoms with E-state index in [2.05, 4.69) is 96.3 Å². The third-order valence-corrected chi connectivity index (χ3v) is 27.8. The van der Waals surface area contributed by atoms with Crippen LogP contribution in [0.1, 0.15) is 49.4 Å². The number of halogens is 2. The van der Waals surface area contributed by atoms with Gasteiger partial charge in [-0.15, -0.1) is 0 Å². The first-order valence-corrected chi connectivity index (χ1v) is 21.1. The number of allylic oxidation sites excluding steroid dienone is 5. The van der Waals surface area contributed by atoms with E-state index in [1.165, 1.54) is 16.7 Å². The van der Waals surface area contributed by atoms with Crippen molar-refractivity contribution in [2.75, 3.05) is 0 Å². The van der Waals surface area contributed by atoms with Gasteiger partial charge in [0, 0.05) is 0 Å². The quantitative estimate of drug-likeness (QED) is 0.301. The molecule has 0 saturated heterocycles. The minimum atomic E-state index is -1.82. The summed E-state index contributed by atoms with van der Waals surface area (Å²) in [7, 11) is 0. The van der Waals surface area contributed by atoms with Crippen LogP contribution in [-0.2, 0) is 37.4 Å². The van der Waals surface area contributed by atoms with Crippen molar-refractivity contribution in [1.82, 2.24) is 0 Å². The Hall–Kier alpha value is -0.661. The largest absolute Gasteiger partial charge is 2.00 e. The number of benzene rings is 1. The van der Waals surface area contributed by atoms with Crippen molar-refractivity contribution >= 4 is 11.5 Å². The summed E-state index contributed by atoms with van der Waals surface area (Å²) in [5, 5.41) is 0. The van der Waals surface area contributed by atoms with Gasteiger partial charge < -0.3 is 24.8 Å². The fourth-order valence-corrected chi connectivity index (χ4v) is 27.2. The molecule has 0 N–H and O–H groups in total. The van der Waals surface area contributed by atoms with Gasteiger partial charge in [-0.2, -0.15) is 18.2 Å². The molecular formula is C31H36Cl2FeSiZr. The molecule has 0 spiro atoms. The molecule has 0 saturated carbocycles. The molecule has 0 aromatic heterocycles. The number of hydrogen-bond acceptors (Lipinski definition) is 0. The molecule has 190 valence electrons. The third kappa shape index (κ3) is 6.48. The molecule has 1 atom stereocenters. The van der Waals surface area contributed by atoms with E-state index >= 15 is 0 Å². The predicted octanol–water partition coefficient (Wildman–Crippen LogP) is 3.29. The average molecular weight is 655 g/mol. The van der Waals surface area contributed by atoms with E-state index < -0.39 is 20.4 Å². The molecule has 2 aliphatic rings. The molecule has 3 aromatic rings. The monoisotopic (exact) mass is 652 g/mol. The zero-order valence-corrected chi connectivity index (χ0v) is 28.3. The molecule has 0 amide bonds. The topological polar surface area (TPSA) is 0 Å². The summed E-state index contributed by atoms with van der Waals surface area (Å²) >= 11 is -1.82. The van der Waals surface area contributed by atoms with Gasteiger partial charge >= 0.3 is 196 Å². The zero-order chi connectivity index (χ0) is 23.7. The Morgan fingerprint density at radius 1 is 0.778 bits per heavy atom. The standard InChI is InChI=1S/C15H12.C9H13.C5H5.C2H6Si.2ClH.Fe.Zr/c1-11-9-13-7-4-8-14(15(13)10-11)12-5-2-3-6-12;1-6-5-7(2)9(4)8(6)3;1-2-4-5-3-1;1-3-2;;;;/h2-10H,1H3;5H,1-4H3;1-5H;1-2H3;2*1H;;/q-1;;-1;;;;2*+2/p-2. The first kappa shape index (κ1) is 33.4. The van der Waals surface area contributed by atoms with E-state index in [0.29, 0.717) is 0 Å². The molecule has 5 heteroatoms. The normalized spacial score (nSPS) is 15.9. The van der Waals surface area contributed by atoms with E-state index in [1.54, 1.807) is 33.4 Å². The second-order valence-corrected chi connectivity index (χ2v) is 27.6. The Kier molecular flexibility index (Phi) is 13.4. The molecular weight excluding hydrogens is 618 g/mol. The second-order valence-electron chi connectivity index (χ2n) is 9.77. The number of hydrogen-bond donors (Lipinski definition) is 0. The molecule has 1 unspecified atom stereocenters. The summed E-state index contributed by atoms with van der Waals surface area (Å²) in [4.78, 5) is 0. The Bertz CT molecular complexity index is 1230. The average Bonchev–Trinajstić information content (AvgIpc) is 3.59. The predicted molar refractivity (Wildman–Crippen MR) is 144 cm³/mol. The van der Waals surface area contributed by atoms with Crippen LogP contribution in [-0.4, -0.2) is 5.43 Å². The zero-order valence-electron chi connectivity index (χ0n) is 22.3. The molecule has 0 fully saturated rings. The summed E-state index contributed by atoms with van der Waals surface area (Å²) in [6.07, 6.45) is 2.53. The van der Waals surface area contributed by atoms with Crippen LogP contribution in [0.15, 0.2) is 101 Å². The molecule has 0 aliphatic heterocycles. The maximum atomic E-state index is 2.61. The van der Waals surface area contributed by atoms with Gasteiger partial charge in [-0.25, -0.2) is 12.1 Å². The maximum Gasteiger partial charge on any atom is 2.00 e. The summed E-state index contributed by atoms with van der Waals surface area (Å²) < 4.78 is 1.54. The van der Waals surface area contributed by atoms with Crippen LogP contribution < -0.4 is 24.8 Å². The Morgan fingerprint density at radius 3 is 1.81 bits per heavy atom. The summed E-state index contributed by atoms with van der Waals surface area (Å²) in [5.41, 5.74) is 13.8. The SMILES string of the molecule is CC1=Cc2c(-[c-]3cccc3)cccc2[CH]1[Zr+2]([CH]1C(C)=C(C)C(C)=C1C)=[Si](C)C.[Cl-].[Cl-].[Fe+2].c1cc[cH-]c1. The molecule has 0 radical (unpaired) electrons. The number of rotatable bonds is 3. The van der Waals surface area contributed by atoms with Gasteiger partial charge in [-0.1, -0.05) is 0 Å². The summed E-state index contributed by atoms with van der Waals surface area (Å²) in [6.45, 7) is 17.2. The Balaban J connectivity index is 0.000000727. The van der Waals surface area contributed by atoms with E-state index in [4.69, 9.17) is 0 Å². The van der Waals surface area contributed by atoms with Gasteiger partial charge in [0.1, 0.15) is 0 Å². The number of fused-ring (bicyclic) bond motifs is 1. The fraction of sp³-hybridized carbons (Fsp3) is 0.290. The van der Waals surface area contributed by atoms with Crippen molar-refractivity contribution < 1.29 is 62.2 Å². The van der Waals surface area contributed by atoms with Crippen molar-refractivity contribution in [2.24, 2.45) is 0 Å². The van der Waals surface area contributed by atoms with Crippen LogP contribution in [0.3, 0.4) is 0 Å². The van der Waals surface area contributed by atoms with Crippen LogP contribution in [0.4, 0.5) is 0 Å². The molecule has 0 bridgehead atoms. The van der Waals surface area contributed by atoms with Gasteiger partial charge in [-0.05, 0) is 0 Å². The fourth-order valence-electron chi connectivity index (χ4n) is 5.65. The van der Waals surface area contributed by atoms with Crippen molar-refractivity contribution in [3.63, 3.8) is 0 Å². The molecule has 3 aromatic carbocycles. The van der Waals surface area contributed by atoms with Crippen molar-refractivity contribution in [2.45, 2.75) is 55.0 Å². The van der Waals surface area contributed by atoms with Crippen LogP contribution in [0.25, 0.3) is 17.2 Å². The van der Waals surface area contributed by atoms with Crippen LogP contribution in [0, 0.1) is 0 Å². The van der Waals surface area contributed by atoms with Crippen LogP contribution in [0.5, 0.6) is 0 Å². The molecule has 0 heterocycles. The van der Waals surface area contributed by atoms with E-state index in [-0.39, 0.29) is 47.3 Å². The van der Waals surface area contributed by atoms with Crippen LogP contribution >= 0.6 is 0 Å². The van der Waals surface area contributed by atoms with E-state index in [0.717, 1.165) is 7.25 Å².